The molecule has 0 spiro atoms. The lowest BCUT2D eigenvalue weighted by Crippen LogP contribution is -2.48. The van der Waals surface area contributed by atoms with Gasteiger partial charge in [0.15, 0.2) is 0 Å². The zero-order valence-corrected chi connectivity index (χ0v) is 15.9. The van der Waals surface area contributed by atoms with Crippen LogP contribution in [0.4, 0.5) is 0 Å². The predicted octanol–water partition coefficient (Wildman–Crippen LogP) is 1.92. The fourth-order valence-electron chi connectivity index (χ4n) is 3.23. The Morgan fingerprint density at radius 3 is 2.52 bits per heavy atom. The summed E-state index contributed by atoms with van der Waals surface area (Å²) in [6.07, 6.45) is 0. The average Bonchev–Trinajstić information content (AvgIpc) is 2.98. The van der Waals surface area contributed by atoms with E-state index in [1.165, 1.54) is 0 Å². The van der Waals surface area contributed by atoms with E-state index in [0.29, 0.717) is 32.8 Å². The normalized spacial score (nSPS) is 16.0. The first-order valence-corrected chi connectivity index (χ1v) is 10.4. The van der Waals surface area contributed by atoms with Gasteiger partial charge in [-0.3, -0.25) is 0 Å². The number of fused-ring (bicyclic) bond motifs is 1. The molecule has 1 N–H and O–H groups in total. The monoisotopic (exact) mass is 386 g/mol. The van der Waals surface area contributed by atoms with E-state index in [-0.39, 0.29) is 4.90 Å². The SMILES string of the molecule is Cc1nc2ccccc2n1Cc1ccc(S(=O)(=O)NN2CCOCC2)cc1. The highest BCUT2D eigenvalue weighted by molar-refractivity contribution is 7.89. The molecule has 27 heavy (non-hydrogen) atoms. The van der Waals surface area contributed by atoms with Crippen molar-refractivity contribution in [2.75, 3.05) is 26.3 Å². The lowest BCUT2D eigenvalue weighted by Gasteiger charge is -2.26. The molecule has 0 saturated carbocycles. The smallest absolute Gasteiger partial charge is 0.253 e. The number of morpholine rings is 1. The van der Waals surface area contributed by atoms with Gasteiger partial charge in [-0.1, -0.05) is 24.3 Å². The van der Waals surface area contributed by atoms with Crippen LogP contribution in [0.3, 0.4) is 0 Å². The third-order valence-electron chi connectivity index (χ3n) is 4.68. The molecule has 142 valence electrons. The maximum atomic E-state index is 12.5. The fraction of sp³-hybridized carbons (Fsp3) is 0.316. The number of sulfonamides is 1. The van der Waals surface area contributed by atoms with Crippen LogP contribution in [0.15, 0.2) is 53.4 Å². The number of nitrogens with one attached hydrogen (secondary N) is 1. The van der Waals surface area contributed by atoms with Crippen molar-refractivity contribution < 1.29 is 13.2 Å². The van der Waals surface area contributed by atoms with Crippen LogP contribution < -0.4 is 4.83 Å². The first-order chi connectivity index (χ1) is 13.0. The van der Waals surface area contributed by atoms with Crippen molar-refractivity contribution in [2.24, 2.45) is 0 Å². The van der Waals surface area contributed by atoms with Crippen LogP contribution in [-0.4, -0.2) is 49.3 Å². The van der Waals surface area contributed by atoms with E-state index in [0.717, 1.165) is 22.4 Å². The number of imidazole rings is 1. The molecule has 8 heteroatoms. The van der Waals surface area contributed by atoms with Gasteiger partial charge >= 0.3 is 0 Å². The minimum atomic E-state index is -3.58. The lowest BCUT2D eigenvalue weighted by molar-refractivity contribution is 0.0272. The van der Waals surface area contributed by atoms with Crippen LogP contribution in [0.1, 0.15) is 11.4 Å². The maximum absolute atomic E-state index is 12.5. The summed E-state index contributed by atoms with van der Waals surface area (Å²) in [6.45, 7) is 4.77. The Bertz CT molecular complexity index is 1040. The summed E-state index contributed by atoms with van der Waals surface area (Å²) in [5, 5.41) is 1.67. The minimum absolute atomic E-state index is 0.255. The van der Waals surface area contributed by atoms with Gasteiger partial charge in [0.2, 0.25) is 0 Å². The van der Waals surface area contributed by atoms with Gasteiger partial charge in [-0.25, -0.2) is 18.4 Å². The summed E-state index contributed by atoms with van der Waals surface area (Å²) in [6, 6.07) is 15.0. The van der Waals surface area contributed by atoms with Gasteiger partial charge in [-0.15, -0.1) is 4.83 Å². The minimum Gasteiger partial charge on any atom is -0.379 e. The zero-order chi connectivity index (χ0) is 18.9. The number of nitrogens with zero attached hydrogens (tertiary/aromatic N) is 3. The average molecular weight is 386 g/mol. The van der Waals surface area contributed by atoms with Crippen molar-refractivity contribution in [1.29, 1.82) is 0 Å². The Labute approximate surface area is 158 Å². The third-order valence-corrected chi connectivity index (χ3v) is 6.07. The molecule has 1 aromatic heterocycles. The second-order valence-electron chi connectivity index (χ2n) is 6.57. The maximum Gasteiger partial charge on any atom is 0.253 e. The van der Waals surface area contributed by atoms with Crippen LogP contribution in [0.25, 0.3) is 11.0 Å². The van der Waals surface area contributed by atoms with Gasteiger partial charge in [0.05, 0.1) is 29.1 Å². The zero-order valence-electron chi connectivity index (χ0n) is 15.1. The van der Waals surface area contributed by atoms with Crippen molar-refractivity contribution in [3.05, 3.63) is 59.9 Å². The number of hydrazine groups is 1. The molecule has 1 fully saturated rings. The molecule has 0 amide bonds. The van der Waals surface area contributed by atoms with Crippen LogP contribution in [0.2, 0.25) is 0 Å². The van der Waals surface area contributed by atoms with Gasteiger partial charge in [-0.05, 0) is 36.8 Å². The molecule has 4 rings (SSSR count). The predicted molar refractivity (Wildman–Crippen MR) is 103 cm³/mol. The van der Waals surface area contributed by atoms with Gasteiger partial charge in [0.1, 0.15) is 5.82 Å². The molecule has 1 saturated heterocycles. The number of hydrogen-bond acceptors (Lipinski definition) is 5. The van der Waals surface area contributed by atoms with Crippen LogP contribution in [-0.2, 0) is 21.3 Å². The van der Waals surface area contributed by atoms with Crippen molar-refractivity contribution in [3.8, 4) is 0 Å². The molecule has 0 bridgehead atoms. The Hall–Kier alpha value is -2.26. The molecular weight excluding hydrogens is 364 g/mol. The van der Waals surface area contributed by atoms with Crippen molar-refractivity contribution >= 4 is 21.1 Å². The van der Waals surface area contributed by atoms with Crippen LogP contribution in [0, 0.1) is 6.92 Å². The van der Waals surface area contributed by atoms with E-state index in [2.05, 4.69) is 14.4 Å². The van der Waals surface area contributed by atoms with Crippen LogP contribution in [0.5, 0.6) is 0 Å². The molecule has 3 aromatic rings. The Morgan fingerprint density at radius 2 is 1.78 bits per heavy atom. The second kappa shape index (κ2) is 7.40. The van der Waals surface area contributed by atoms with Gasteiger partial charge in [0.25, 0.3) is 10.0 Å². The first-order valence-electron chi connectivity index (χ1n) is 8.89. The number of hydrogen-bond donors (Lipinski definition) is 1. The van der Waals surface area contributed by atoms with E-state index in [9.17, 15) is 8.42 Å². The Morgan fingerprint density at radius 1 is 1.07 bits per heavy atom. The summed E-state index contributed by atoms with van der Waals surface area (Å²) in [5.74, 6) is 0.932. The van der Waals surface area contributed by atoms with Gasteiger partial charge in [0, 0.05) is 19.6 Å². The largest absolute Gasteiger partial charge is 0.379 e. The number of rotatable bonds is 5. The van der Waals surface area contributed by atoms with Gasteiger partial charge in [-0.2, -0.15) is 0 Å². The van der Waals surface area contributed by atoms with Crippen molar-refractivity contribution in [3.63, 3.8) is 0 Å². The highest BCUT2D eigenvalue weighted by Gasteiger charge is 2.20. The number of benzene rings is 2. The molecule has 0 radical (unpaired) electrons. The Balaban J connectivity index is 1.52. The number of aryl methyl sites for hydroxylation is 1. The number of aromatic nitrogens is 2. The van der Waals surface area contributed by atoms with Crippen molar-refractivity contribution in [1.82, 2.24) is 19.4 Å². The van der Waals surface area contributed by atoms with E-state index >= 15 is 0 Å². The van der Waals surface area contributed by atoms with Gasteiger partial charge < -0.3 is 9.30 Å². The van der Waals surface area contributed by atoms with E-state index in [1.54, 1.807) is 17.1 Å². The standard InChI is InChI=1S/C19H22N4O3S/c1-15-20-18-4-2-3-5-19(18)23(15)14-16-6-8-17(9-7-16)27(24,25)21-22-10-12-26-13-11-22/h2-9,21H,10-14H2,1H3. The second-order valence-corrected chi connectivity index (χ2v) is 8.23. The molecule has 2 heterocycles. The highest BCUT2D eigenvalue weighted by atomic mass is 32.2. The quantitative estimate of drug-likeness (QED) is 0.725. The lowest BCUT2D eigenvalue weighted by atomic mass is 10.2. The first kappa shape index (κ1) is 18.1. The molecule has 1 aliphatic rings. The van der Waals surface area contributed by atoms with E-state index in [4.69, 9.17) is 4.74 Å². The summed E-state index contributed by atoms with van der Waals surface area (Å²) in [7, 11) is -3.58. The molecular formula is C19H22N4O3S. The van der Waals surface area contributed by atoms with Crippen LogP contribution >= 0.6 is 0 Å². The van der Waals surface area contributed by atoms with E-state index < -0.39 is 10.0 Å². The number of ether oxygens (including phenoxy) is 1. The topological polar surface area (TPSA) is 76.5 Å². The Kier molecular flexibility index (Phi) is 4.96. The molecule has 0 aliphatic carbocycles. The summed E-state index contributed by atoms with van der Waals surface area (Å²) in [5.41, 5.74) is 3.05. The third kappa shape index (κ3) is 3.89. The van der Waals surface area contributed by atoms with Crippen molar-refractivity contribution in [2.45, 2.75) is 18.4 Å². The fourth-order valence-corrected chi connectivity index (χ4v) is 4.35. The molecule has 0 atom stereocenters. The summed E-state index contributed by atoms with van der Waals surface area (Å²) in [4.78, 5) is 7.45. The number of para-hydroxylation sites is 2. The highest BCUT2D eigenvalue weighted by Crippen LogP contribution is 2.18. The summed E-state index contributed by atoms with van der Waals surface area (Å²) < 4.78 is 32.5. The molecule has 1 aliphatic heterocycles. The summed E-state index contributed by atoms with van der Waals surface area (Å²) >= 11 is 0. The molecule has 0 unspecified atom stereocenters. The van der Waals surface area contributed by atoms with E-state index in [1.807, 2.05) is 43.3 Å². The molecule has 7 nitrogen and oxygen atoms in total. The molecule has 2 aromatic carbocycles.